The second kappa shape index (κ2) is 3.64. The number of methoxy groups -OCH3 is 1. The highest BCUT2D eigenvalue weighted by Crippen LogP contribution is 2.18. The molecule has 1 rings (SSSR count). The number of rotatable bonds is 2. The molecule has 0 spiro atoms. The number of allylic oxidation sites excluding steroid dienone is 2. The van der Waals surface area contributed by atoms with Gasteiger partial charge in [-0.15, -0.1) is 0 Å². The second-order valence-electron chi connectivity index (χ2n) is 3.47. The van der Waals surface area contributed by atoms with Crippen molar-refractivity contribution in [1.29, 1.82) is 0 Å². The van der Waals surface area contributed by atoms with Crippen LogP contribution in [0.3, 0.4) is 0 Å². The van der Waals surface area contributed by atoms with E-state index in [-0.39, 0.29) is 5.97 Å². The predicted octanol–water partition coefficient (Wildman–Crippen LogP) is 1.32. The number of hydrogen-bond acceptors (Lipinski definition) is 3. The lowest BCUT2D eigenvalue weighted by Gasteiger charge is -2.35. The molecule has 0 radical (unpaired) electrons. The third-order valence-electron chi connectivity index (χ3n) is 2.22. The van der Waals surface area contributed by atoms with Crippen molar-refractivity contribution in [3.63, 3.8) is 0 Å². The topological polar surface area (TPSA) is 29.5 Å². The molecule has 72 valence electrons. The maximum atomic E-state index is 11.4. The minimum absolute atomic E-state index is 0.215. The number of hydrogen-bond donors (Lipinski definition) is 0. The van der Waals surface area contributed by atoms with Crippen LogP contribution in [0.1, 0.15) is 13.8 Å². The van der Waals surface area contributed by atoms with Gasteiger partial charge in [-0.2, -0.15) is 0 Å². The molecule has 0 saturated carbocycles. The highest BCUT2D eigenvalue weighted by molar-refractivity contribution is 5.79. The summed E-state index contributed by atoms with van der Waals surface area (Å²) in [6.45, 7) is 4.45. The van der Waals surface area contributed by atoms with Crippen molar-refractivity contribution in [2.75, 3.05) is 13.7 Å². The molecule has 0 fully saturated rings. The van der Waals surface area contributed by atoms with Crippen LogP contribution in [-0.2, 0) is 9.53 Å². The average Bonchev–Trinajstić information content (AvgIpc) is 2.18. The van der Waals surface area contributed by atoms with Gasteiger partial charge >= 0.3 is 5.97 Å². The quantitative estimate of drug-likeness (QED) is 0.602. The first-order valence-corrected chi connectivity index (χ1v) is 4.27. The zero-order valence-corrected chi connectivity index (χ0v) is 8.28. The molecule has 0 atom stereocenters. The zero-order valence-electron chi connectivity index (χ0n) is 8.28. The Balaban J connectivity index is 2.74. The predicted molar refractivity (Wildman–Crippen MR) is 51.1 cm³/mol. The second-order valence-corrected chi connectivity index (χ2v) is 3.47. The SMILES string of the molecule is COC(=O)C(C)(C)N1C=CC=CC1. The van der Waals surface area contributed by atoms with E-state index >= 15 is 0 Å². The maximum absolute atomic E-state index is 11.4. The van der Waals surface area contributed by atoms with Gasteiger partial charge in [0.15, 0.2) is 0 Å². The third kappa shape index (κ3) is 1.91. The van der Waals surface area contributed by atoms with Crippen molar-refractivity contribution < 1.29 is 9.53 Å². The van der Waals surface area contributed by atoms with Crippen molar-refractivity contribution in [3.8, 4) is 0 Å². The summed E-state index contributed by atoms with van der Waals surface area (Å²) < 4.78 is 4.73. The van der Waals surface area contributed by atoms with E-state index in [4.69, 9.17) is 4.74 Å². The zero-order chi connectivity index (χ0) is 9.90. The molecule has 0 amide bonds. The smallest absolute Gasteiger partial charge is 0.331 e. The monoisotopic (exact) mass is 181 g/mol. The van der Waals surface area contributed by atoms with Crippen molar-refractivity contribution in [2.45, 2.75) is 19.4 Å². The summed E-state index contributed by atoms with van der Waals surface area (Å²) in [6.07, 6.45) is 7.78. The molecule has 13 heavy (non-hydrogen) atoms. The number of nitrogens with zero attached hydrogens (tertiary/aromatic N) is 1. The molecule has 0 unspecified atom stereocenters. The van der Waals surface area contributed by atoms with Gasteiger partial charge in [0.05, 0.1) is 7.11 Å². The first kappa shape index (κ1) is 9.84. The van der Waals surface area contributed by atoms with Crippen LogP contribution in [0.5, 0.6) is 0 Å². The van der Waals surface area contributed by atoms with Gasteiger partial charge in [-0.05, 0) is 19.9 Å². The molecular formula is C10H15NO2. The van der Waals surface area contributed by atoms with Crippen LogP contribution in [0.15, 0.2) is 24.4 Å². The lowest BCUT2D eigenvalue weighted by Crippen LogP contribution is -2.48. The van der Waals surface area contributed by atoms with Gasteiger partial charge in [0.2, 0.25) is 0 Å². The summed E-state index contributed by atoms with van der Waals surface area (Å²) in [5.74, 6) is -0.215. The molecule has 0 aromatic rings. The Hall–Kier alpha value is -1.25. The molecule has 1 aliphatic heterocycles. The normalized spacial score (nSPS) is 16.1. The van der Waals surface area contributed by atoms with Gasteiger partial charge in [-0.25, -0.2) is 4.79 Å². The van der Waals surface area contributed by atoms with Crippen LogP contribution in [0, 0.1) is 0 Å². The molecule has 0 aliphatic carbocycles. The molecule has 0 aromatic heterocycles. The summed E-state index contributed by atoms with van der Waals surface area (Å²) in [4.78, 5) is 13.4. The highest BCUT2D eigenvalue weighted by atomic mass is 16.5. The molecule has 0 saturated heterocycles. The number of esters is 1. The number of ether oxygens (including phenoxy) is 1. The molecule has 1 aliphatic rings. The van der Waals surface area contributed by atoms with Crippen LogP contribution >= 0.6 is 0 Å². The molecule has 3 heteroatoms. The standard InChI is InChI=1S/C10H15NO2/c1-10(2,9(12)13-3)11-7-5-4-6-8-11/h4-7H,8H2,1-3H3. The van der Waals surface area contributed by atoms with Gasteiger partial charge in [0.1, 0.15) is 5.54 Å². The van der Waals surface area contributed by atoms with Gasteiger partial charge in [-0.1, -0.05) is 12.2 Å². The fourth-order valence-corrected chi connectivity index (χ4v) is 1.25. The largest absolute Gasteiger partial charge is 0.467 e. The van der Waals surface area contributed by atoms with Gasteiger partial charge in [0, 0.05) is 12.7 Å². The van der Waals surface area contributed by atoms with Crippen molar-refractivity contribution in [2.24, 2.45) is 0 Å². The molecule has 0 N–H and O–H groups in total. The fourth-order valence-electron chi connectivity index (χ4n) is 1.25. The van der Waals surface area contributed by atoms with Crippen LogP contribution in [0.2, 0.25) is 0 Å². The van der Waals surface area contributed by atoms with E-state index in [2.05, 4.69) is 0 Å². The lowest BCUT2D eigenvalue weighted by atomic mass is 10.0. The summed E-state index contributed by atoms with van der Waals surface area (Å²) in [5.41, 5.74) is -0.587. The number of carbonyl (C=O) groups is 1. The van der Waals surface area contributed by atoms with Crippen LogP contribution in [0.4, 0.5) is 0 Å². The minimum atomic E-state index is -0.587. The average molecular weight is 181 g/mol. The Bertz CT molecular complexity index is 254. The van der Waals surface area contributed by atoms with Crippen molar-refractivity contribution >= 4 is 5.97 Å². The van der Waals surface area contributed by atoms with Crippen LogP contribution in [0.25, 0.3) is 0 Å². The molecular weight excluding hydrogens is 166 g/mol. The lowest BCUT2D eigenvalue weighted by molar-refractivity contribution is -0.151. The highest BCUT2D eigenvalue weighted by Gasteiger charge is 2.33. The fraction of sp³-hybridized carbons (Fsp3) is 0.500. The summed E-state index contributed by atoms with van der Waals surface area (Å²) in [5, 5.41) is 0. The maximum Gasteiger partial charge on any atom is 0.331 e. The Labute approximate surface area is 78.7 Å². The van der Waals surface area contributed by atoms with Crippen LogP contribution < -0.4 is 0 Å². The molecule has 0 bridgehead atoms. The van der Waals surface area contributed by atoms with E-state index in [1.54, 1.807) is 0 Å². The van der Waals surface area contributed by atoms with E-state index in [1.165, 1.54) is 7.11 Å². The first-order valence-electron chi connectivity index (χ1n) is 4.27. The molecule has 0 aromatic carbocycles. The van der Waals surface area contributed by atoms with Crippen molar-refractivity contribution in [3.05, 3.63) is 24.4 Å². The summed E-state index contributed by atoms with van der Waals surface area (Å²) >= 11 is 0. The van der Waals surface area contributed by atoms with Crippen LogP contribution in [-0.4, -0.2) is 30.1 Å². The van der Waals surface area contributed by atoms with E-state index in [0.29, 0.717) is 0 Å². The van der Waals surface area contributed by atoms with Gasteiger partial charge < -0.3 is 9.64 Å². The minimum Gasteiger partial charge on any atom is -0.467 e. The Morgan fingerprint density at radius 2 is 2.15 bits per heavy atom. The Morgan fingerprint density at radius 1 is 1.46 bits per heavy atom. The van der Waals surface area contributed by atoms with E-state index in [9.17, 15) is 4.79 Å². The number of carbonyl (C=O) groups excluding carboxylic acids is 1. The summed E-state index contributed by atoms with van der Waals surface area (Å²) in [7, 11) is 1.41. The summed E-state index contributed by atoms with van der Waals surface area (Å²) in [6, 6.07) is 0. The third-order valence-corrected chi connectivity index (χ3v) is 2.22. The van der Waals surface area contributed by atoms with Crippen molar-refractivity contribution in [1.82, 2.24) is 4.90 Å². The first-order chi connectivity index (χ1) is 6.09. The molecule has 3 nitrogen and oxygen atoms in total. The van der Waals surface area contributed by atoms with Gasteiger partial charge in [-0.3, -0.25) is 0 Å². The van der Waals surface area contributed by atoms with E-state index in [1.807, 2.05) is 43.2 Å². The Kier molecular flexibility index (Phi) is 2.76. The van der Waals surface area contributed by atoms with E-state index in [0.717, 1.165) is 6.54 Å². The Morgan fingerprint density at radius 3 is 2.62 bits per heavy atom. The molecule has 1 heterocycles. The van der Waals surface area contributed by atoms with E-state index < -0.39 is 5.54 Å². The van der Waals surface area contributed by atoms with Gasteiger partial charge in [0.25, 0.3) is 0 Å².